The summed E-state index contributed by atoms with van der Waals surface area (Å²) in [7, 11) is -1.74. The molecule has 0 aliphatic rings. The van der Waals surface area contributed by atoms with Crippen molar-refractivity contribution in [1.82, 2.24) is 0 Å². The highest BCUT2D eigenvalue weighted by atomic mass is 35.5. The van der Waals surface area contributed by atoms with Crippen molar-refractivity contribution in [3.63, 3.8) is 0 Å². The largest absolute Gasteiger partial charge is 0.409 e. The lowest BCUT2D eigenvalue weighted by molar-refractivity contribution is 0.201. The molecule has 0 saturated heterocycles. The lowest BCUT2D eigenvalue weighted by atomic mass is 10.1. The zero-order chi connectivity index (χ0) is 12.0. The molecule has 0 aliphatic carbocycles. The van der Waals surface area contributed by atoms with Gasteiger partial charge >= 0.3 is 0 Å². The maximum absolute atomic E-state index is 6.15. The Bertz CT molecular complexity index is 324. The second-order valence-corrected chi connectivity index (χ2v) is 9.26. The molecule has 1 unspecified atom stereocenters. The molecular weight excluding hydrogens is 236 g/mol. The van der Waals surface area contributed by atoms with Crippen LogP contribution in [0, 0.1) is 0 Å². The van der Waals surface area contributed by atoms with E-state index in [2.05, 4.69) is 31.8 Å². The molecule has 0 amide bonds. The van der Waals surface area contributed by atoms with Crippen LogP contribution >= 0.6 is 11.6 Å². The fourth-order valence-corrected chi connectivity index (χ4v) is 2.74. The van der Waals surface area contributed by atoms with Gasteiger partial charge in [-0.25, -0.2) is 0 Å². The highest BCUT2D eigenvalue weighted by molar-refractivity contribution is 6.77. The van der Waals surface area contributed by atoms with Gasteiger partial charge in [0.2, 0.25) is 8.32 Å². The molecule has 0 fully saturated rings. The molecule has 3 heteroatoms. The van der Waals surface area contributed by atoms with Gasteiger partial charge in [0.25, 0.3) is 0 Å². The molecule has 0 heterocycles. The first-order valence-electron chi connectivity index (χ1n) is 5.48. The van der Waals surface area contributed by atoms with Crippen LogP contribution in [-0.2, 0) is 4.43 Å². The standard InChI is InChI=1S/C13H19ClOSi/c1-4-8-13(15-16(2,3)11-14)12-9-6-5-7-10-12/h4-7,9-10,13H,1,8,11H2,2-3H3. The molecule has 1 nitrogen and oxygen atoms in total. The molecule has 0 aliphatic heterocycles. The Morgan fingerprint density at radius 2 is 2.00 bits per heavy atom. The van der Waals surface area contributed by atoms with Gasteiger partial charge in [-0.1, -0.05) is 36.4 Å². The van der Waals surface area contributed by atoms with Gasteiger partial charge in [-0.05, 0) is 25.1 Å². The van der Waals surface area contributed by atoms with Crippen molar-refractivity contribution in [3.8, 4) is 0 Å². The van der Waals surface area contributed by atoms with Crippen LogP contribution in [0.15, 0.2) is 43.0 Å². The molecule has 1 aromatic rings. The van der Waals surface area contributed by atoms with Crippen LogP contribution in [0.2, 0.25) is 13.1 Å². The van der Waals surface area contributed by atoms with Crippen molar-refractivity contribution in [3.05, 3.63) is 48.6 Å². The number of benzene rings is 1. The molecule has 0 saturated carbocycles. The van der Waals surface area contributed by atoms with Crippen LogP contribution in [0.5, 0.6) is 0 Å². The fraction of sp³-hybridized carbons (Fsp3) is 0.385. The summed E-state index contributed by atoms with van der Waals surface area (Å²) in [5.41, 5.74) is 1.82. The first-order chi connectivity index (χ1) is 7.59. The quantitative estimate of drug-likeness (QED) is 0.418. The Morgan fingerprint density at radius 3 is 2.50 bits per heavy atom. The minimum Gasteiger partial charge on any atom is -0.409 e. The van der Waals surface area contributed by atoms with Crippen molar-refractivity contribution < 1.29 is 4.43 Å². The molecular formula is C13H19ClOSi. The number of hydrogen-bond acceptors (Lipinski definition) is 1. The molecule has 16 heavy (non-hydrogen) atoms. The molecule has 0 radical (unpaired) electrons. The van der Waals surface area contributed by atoms with Crippen molar-refractivity contribution in [1.29, 1.82) is 0 Å². The molecule has 1 rings (SSSR count). The average molecular weight is 255 g/mol. The zero-order valence-electron chi connectivity index (χ0n) is 9.95. The summed E-state index contributed by atoms with van der Waals surface area (Å²) in [6.07, 6.45) is 2.83. The Morgan fingerprint density at radius 1 is 1.38 bits per heavy atom. The van der Waals surface area contributed by atoms with Gasteiger partial charge in [0, 0.05) is 5.50 Å². The van der Waals surface area contributed by atoms with Crippen LogP contribution in [0.3, 0.4) is 0 Å². The lowest BCUT2D eigenvalue weighted by Gasteiger charge is -2.27. The first-order valence-corrected chi connectivity index (χ1v) is 9.13. The van der Waals surface area contributed by atoms with E-state index < -0.39 is 8.32 Å². The van der Waals surface area contributed by atoms with E-state index in [1.807, 2.05) is 24.3 Å². The highest BCUT2D eigenvalue weighted by Gasteiger charge is 2.25. The summed E-state index contributed by atoms with van der Waals surface area (Å²) in [4.78, 5) is 0. The van der Waals surface area contributed by atoms with Crippen LogP contribution < -0.4 is 0 Å². The normalized spacial score (nSPS) is 13.4. The SMILES string of the molecule is C=CCC(O[Si](C)(C)CCl)c1ccccc1. The number of rotatable bonds is 6. The summed E-state index contributed by atoms with van der Waals surface area (Å²) in [5.74, 6) is 0. The van der Waals surface area contributed by atoms with Gasteiger partial charge in [-0.15, -0.1) is 18.2 Å². The lowest BCUT2D eigenvalue weighted by Crippen LogP contribution is -2.34. The van der Waals surface area contributed by atoms with Gasteiger partial charge in [-0.3, -0.25) is 0 Å². The Balaban J connectivity index is 2.80. The van der Waals surface area contributed by atoms with Crippen LogP contribution in [0.25, 0.3) is 0 Å². The van der Waals surface area contributed by atoms with E-state index in [1.165, 1.54) is 5.56 Å². The molecule has 0 N–H and O–H groups in total. The average Bonchev–Trinajstić information content (AvgIpc) is 2.29. The number of alkyl halides is 1. The van der Waals surface area contributed by atoms with Gasteiger partial charge in [-0.2, -0.15) is 0 Å². The van der Waals surface area contributed by atoms with Crippen molar-refractivity contribution in [2.75, 3.05) is 5.50 Å². The first kappa shape index (κ1) is 13.5. The predicted molar refractivity (Wildman–Crippen MR) is 73.3 cm³/mol. The monoisotopic (exact) mass is 254 g/mol. The van der Waals surface area contributed by atoms with Gasteiger partial charge < -0.3 is 4.43 Å². The minimum atomic E-state index is -1.74. The summed E-state index contributed by atoms with van der Waals surface area (Å²) in [6, 6.07) is 10.3. The van der Waals surface area contributed by atoms with E-state index in [0.29, 0.717) is 5.50 Å². The van der Waals surface area contributed by atoms with E-state index in [-0.39, 0.29) is 6.10 Å². The van der Waals surface area contributed by atoms with E-state index in [0.717, 1.165) is 6.42 Å². The van der Waals surface area contributed by atoms with E-state index >= 15 is 0 Å². The fourth-order valence-electron chi connectivity index (χ4n) is 1.49. The van der Waals surface area contributed by atoms with Crippen LogP contribution in [-0.4, -0.2) is 13.8 Å². The molecule has 0 bridgehead atoms. The Hall–Kier alpha value is -0.573. The second kappa shape index (κ2) is 6.23. The molecule has 88 valence electrons. The molecule has 0 aromatic heterocycles. The van der Waals surface area contributed by atoms with Gasteiger partial charge in [0.05, 0.1) is 6.10 Å². The number of hydrogen-bond donors (Lipinski definition) is 0. The maximum Gasteiger partial charge on any atom is 0.202 e. The number of halogens is 1. The molecule has 1 aromatic carbocycles. The summed E-state index contributed by atoms with van der Waals surface area (Å²) in [5, 5.41) is 0. The van der Waals surface area contributed by atoms with Gasteiger partial charge in [0.1, 0.15) is 0 Å². The van der Waals surface area contributed by atoms with Crippen molar-refractivity contribution in [2.45, 2.75) is 25.6 Å². The molecule has 1 atom stereocenters. The van der Waals surface area contributed by atoms with E-state index in [4.69, 9.17) is 16.0 Å². The second-order valence-electron chi connectivity index (χ2n) is 4.43. The van der Waals surface area contributed by atoms with Gasteiger partial charge in [0.15, 0.2) is 0 Å². The topological polar surface area (TPSA) is 9.23 Å². The third-order valence-corrected chi connectivity index (χ3v) is 5.83. The molecule has 0 spiro atoms. The van der Waals surface area contributed by atoms with Crippen molar-refractivity contribution in [2.24, 2.45) is 0 Å². The van der Waals surface area contributed by atoms with Crippen LogP contribution in [0.1, 0.15) is 18.1 Å². The minimum absolute atomic E-state index is 0.0964. The summed E-state index contributed by atoms with van der Waals surface area (Å²) in [6.45, 7) is 8.06. The van der Waals surface area contributed by atoms with Crippen molar-refractivity contribution >= 4 is 19.9 Å². The Labute approximate surface area is 104 Å². The van der Waals surface area contributed by atoms with E-state index in [9.17, 15) is 0 Å². The van der Waals surface area contributed by atoms with Crippen LogP contribution in [0.4, 0.5) is 0 Å². The predicted octanol–water partition coefficient (Wildman–Crippen LogP) is 4.30. The summed E-state index contributed by atoms with van der Waals surface area (Å²) >= 11 is 5.94. The van der Waals surface area contributed by atoms with E-state index in [1.54, 1.807) is 0 Å². The third kappa shape index (κ3) is 4.12. The third-order valence-electron chi connectivity index (χ3n) is 2.34. The zero-order valence-corrected chi connectivity index (χ0v) is 11.7. The Kier molecular flexibility index (Phi) is 5.26. The smallest absolute Gasteiger partial charge is 0.202 e. The highest BCUT2D eigenvalue weighted by Crippen LogP contribution is 2.26. The maximum atomic E-state index is 6.15. The summed E-state index contributed by atoms with van der Waals surface area (Å²) < 4.78 is 6.15.